The van der Waals surface area contributed by atoms with Crippen molar-refractivity contribution in [1.29, 1.82) is 0 Å². The van der Waals surface area contributed by atoms with E-state index in [0.29, 0.717) is 28.0 Å². The maximum absolute atomic E-state index is 13.4. The average molecular weight is 444 g/mol. The van der Waals surface area contributed by atoms with Crippen LogP contribution in [0.1, 0.15) is 17.5 Å². The van der Waals surface area contributed by atoms with Crippen LogP contribution in [0.5, 0.6) is 17.2 Å². The first kappa shape index (κ1) is 22.1. The molecule has 0 saturated carbocycles. The van der Waals surface area contributed by atoms with E-state index in [-0.39, 0.29) is 24.5 Å². The van der Waals surface area contributed by atoms with E-state index in [1.807, 2.05) is 38.1 Å². The van der Waals surface area contributed by atoms with E-state index in [1.54, 1.807) is 49.6 Å². The molecule has 33 heavy (non-hydrogen) atoms. The molecular formula is C27H24O6. The highest BCUT2D eigenvalue weighted by atomic mass is 16.5. The summed E-state index contributed by atoms with van der Waals surface area (Å²) in [5, 5.41) is 0.369. The highest BCUT2D eigenvalue weighted by Gasteiger charge is 2.21. The van der Waals surface area contributed by atoms with Crippen molar-refractivity contribution in [1.82, 2.24) is 0 Å². The van der Waals surface area contributed by atoms with Crippen molar-refractivity contribution in [2.75, 3.05) is 13.7 Å². The summed E-state index contributed by atoms with van der Waals surface area (Å²) in [5.74, 6) is 0.782. The van der Waals surface area contributed by atoms with Crippen molar-refractivity contribution in [3.8, 4) is 28.6 Å². The maximum Gasteiger partial charge on any atom is 0.314 e. The van der Waals surface area contributed by atoms with E-state index in [2.05, 4.69) is 0 Å². The number of rotatable bonds is 7. The SMILES string of the molecule is COc1ccc(-c2oc3c(C)cc(C)cc3c(=O)c2OC(=O)CCOc2ccccc2)cc1. The summed E-state index contributed by atoms with van der Waals surface area (Å²) >= 11 is 0. The van der Waals surface area contributed by atoms with Crippen molar-refractivity contribution >= 4 is 16.9 Å². The van der Waals surface area contributed by atoms with Gasteiger partial charge in [-0.3, -0.25) is 9.59 Å². The van der Waals surface area contributed by atoms with Crippen molar-refractivity contribution in [2.24, 2.45) is 0 Å². The molecule has 168 valence electrons. The molecule has 1 heterocycles. The van der Waals surface area contributed by atoms with Gasteiger partial charge in [0.25, 0.3) is 0 Å². The maximum atomic E-state index is 13.4. The summed E-state index contributed by atoms with van der Waals surface area (Å²) in [6, 6.07) is 19.9. The number of hydrogen-bond acceptors (Lipinski definition) is 6. The molecule has 1 aromatic heterocycles. The molecule has 0 aliphatic rings. The van der Waals surface area contributed by atoms with Crippen LogP contribution in [0.15, 0.2) is 75.9 Å². The fourth-order valence-electron chi connectivity index (χ4n) is 3.59. The minimum absolute atomic E-state index is 0.0265. The van der Waals surface area contributed by atoms with E-state index in [9.17, 15) is 9.59 Å². The van der Waals surface area contributed by atoms with Gasteiger partial charge in [-0.15, -0.1) is 0 Å². The Morgan fingerprint density at radius 2 is 1.67 bits per heavy atom. The summed E-state index contributed by atoms with van der Waals surface area (Å²) in [7, 11) is 1.57. The van der Waals surface area contributed by atoms with Gasteiger partial charge >= 0.3 is 5.97 Å². The minimum atomic E-state index is -0.586. The molecule has 0 N–H and O–H groups in total. The van der Waals surface area contributed by atoms with E-state index < -0.39 is 11.4 Å². The first-order valence-corrected chi connectivity index (χ1v) is 10.6. The smallest absolute Gasteiger partial charge is 0.314 e. The Hall–Kier alpha value is -4.06. The number of ether oxygens (including phenoxy) is 3. The average Bonchev–Trinajstić information content (AvgIpc) is 2.82. The zero-order valence-corrected chi connectivity index (χ0v) is 18.7. The van der Waals surface area contributed by atoms with E-state index in [1.165, 1.54) is 0 Å². The van der Waals surface area contributed by atoms with Crippen LogP contribution in [0.3, 0.4) is 0 Å². The number of aryl methyl sites for hydroxylation is 2. The second-order valence-electron chi connectivity index (χ2n) is 7.66. The van der Waals surface area contributed by atoms with Gasteiger partial charge in [-0.05, 0) is 67.4 Å². The monoisotopic (exact) mass is 444 g/mol. The Balaban J connectivity index is 1.69. The highest BCUT2D eigenvalue weighted by molar-refractivity contribution is 5.86. The van der Waals surface area contributed by atoms with Crippen LogP contribution in [-0.2, 0) is 4.79 Å². The number of hydrogen-bond donors (Lipinski definition) is 0. The first-order chi connectivity index (χ1) is 16.0. The number of fused-ring (bicyclic) bond motifs is 1. The molecule has 0 bridgehead atoms. The molecule has 0 aliphatic heterocycles. The Bertz CT molecular complexity index is 1340. The molecule has 6 nitrogen and oxygen atoms in total. The van der Waals surface area contributed by atoms with Crippen molar-refractivity contribution in [3.63, 3.8) is 0 Å². The third-order valence-corrected chi connectivity index (χ3v) is 5.17. The molecule has 0 fully saturated rings. The van der Waals surface area contributed by atoms with Crippen molar-refractivity contribution in [3.05, 3.63) is 88.1 Å². The lowest BCUT2D eigenvalue weighted by Crippen LogP contribution is -2.18. The lowest BCUT2D eigenvalue weighted by atomic mass is 10.1. The molecular weight excluding hydrogens is 420 g/mol. The Labute approximate surface area is 191 Å². The number of carbonyl (C=O) groups excluding carboxylic acids is 1. The largest absolute Gasteiger partial charge is 0.497 e. The zero-order valence-electron chi connectivity index (χ0n) is 18.7. The van der Waals surface area contributed by atoms with Gasteiger partial charge in [-0.1, -0.05) is 24.3 Å². The van der Waals surface area contributed by atoms with Gasteiger partial charge < -0.3 is 18.6 Å². The normalized spacial score (nSPS) is 10.8. The molecule has 0 saturated heterocycles. The van der Waals surface area contributed by atoms with Crippen LogP contribution < -0.4 is 19.6 Å². The number of para-hydroxylation sites is 1. The van der Waals surface area contributed by atoms with Gasteiger partial charge in [0.15, 0.2) is 5.76 Å². The van der Waals surface area contributed by atoms with Crippen molar-refractivity contribution < 1.29 is 23.4 Å². The highest BCUT2D eigenvalue weighted by Crippen LogP contribution is 2.33. The molecule has 0 spiro atoms. The topological polar surface area (TPSA) is 75.0 Å². The van der Waals surface area contributed by atoms with Gasteiger partial charge in [-0.2, -0.15) is 0 Å². The third kappa shape index (κ3) is 4.90. The summed E-state index contributed by atoms with van der Waals surface area (Å²) < 4.78 is 22.5. The standard InChI is InChI=1S/C27H24O6/c1-17-15-18(2)25-22(16-17)24(29)27(26(33-25)19-9-11-20(30-3)12-10-19)32-23(28)13-14-31-21-7-5-4-6-8-21/h4-12,15-16H,13-14H2,1-3H3. The van der Waals surface area contributed by atoms with Crippen LogP contribution in [0.25, 0.3) is 22.3 Å². The molecule has 0 atom stereocenters. The summed E-state index contributed by atoms with van der Waals surface area (Å²) in [6.07, 6.45) is -0.0265. The molecule has 4 aromatic rings. The summed E-state index contributed by atoms with van der Waals surface area (Å²) in [4.78, 5) is 26.0. The molecule has 0 aliphatic carbocycles. The Morgan fingerprint density at radius 3 is 2.36 bits per heavy atom. The van der Waals surface area contributed by atoms with E-state index in [4.69, 9.17) is 18.6 Å². The number of methoxy groups -OCH3 is 1. The minimum Gasteiger partial charge on any atom is -0.497 e. The first-order valence-electron chi connectivity index (χ1n) is 10.6. The molecule has 6 heteroatoms. The molecule has 3 aromatic carbocycles. The number of benzene rings is 3. The third-order valence-electron chi connectivity index (χ3n) is 5.17. The Morgan fingerprint density at radius 1 is 0.939 bits per heavy atom. The lowest BCUT2D eigenvalue weighted by Gasteiger charge is -2.13. The summed E-state index contributed by atoms with van der Waals surface area (Å²) in [5.41, 5.74) is 2.40. The quantitative estimate of drug-likeness (QED) is 0.352. The molecule has 0 unspecified atom stereocenters. The van der Waals surface area contributed by atoms with Gasteiger partial charge in [0, 0.05) is 5.56 Å². The lowest BCUT2D eigenvalue weighted by molar-refractivity contribution is -0.135. The fourth-order valence-corrected chi connectivity index (χ4v) is 3.59. The number of carbonyl (C=O) groups is 1. The van der Waals surface area contributed by atoms with Crippen LogP contribution in [0.2, 0.25) is 0 Å². The van der Waals surface area contributed by atoms with Crippen LogP contribution in [0, 0.1) is 13.8 Å². The van der Waals surface area contributed by atoms with Crippen molar-refractivity contribution in [2.45, 2.75) is 20.3 Å². The Kier molecular flexibility index (Phi) is 6.45. The van der Waals surface area contributed by atoms with Crippen LogP contribution in [0.4, 0.5) is 0 Å². The summed E-state index contributed by atoms with van der Waals surface area (Å²) in [6.45, 7) is 3.90. The van der Waals surface area contributed by atoms with Gasteiger partial charge in [0.1, 0.15) is 17.1 Å². The van der Waals surface area contributed by atoms with E-state index in [0.717, 1.165) is 11.1 Å². The van der Waals surface area contributed by atoms with Gasteiger partial charge in [0.05, 0.1) is 25.5 Å². The molecule has 0 amide bonds. The predicted octanol–water partition coefficient (Wildman–Crippen LogP) is 5.46. The van der Waals surface area contributed by atoms with Crippen LogP contribution in [-0.4, -0.2) is 19.7 Å². The fraction of sp³-hybridized carbons (Fsp3) is 0.185. The second-order valence-corrected chi connectivity index (χ2v) is 7.66. The number of esters is 1. The molecule has 4 rings (SSSR count). The second kappa shape index (κ2) is 9.61. The predicted molar refractivity (Wildman–Crippen MR) is 126 cm³/mol. The van der Waals surface area contributed by atoms with Gasteiger partial charge in [-0.25, -0.2) is 0 Å². The molecule has 0 radical (unpaired) electrons. The van der Waals surface area contributed by atoms with E-state index >= 15 is 0 Å². The van der Waals surface area contributed by atoms with Gasteiger partial charge in [0.2, 0.25) is 11.2 Å². The van der Waals surface area contributed by atoms with Crippen LogP contribution >= 0.6 is 0 Å². The zero-order chi connectivity index (χ0) is 23.4.